The van der Waals surface area contributed by atoms with Gasteiger partial charge in [-0.2, -0.15) is 0 Å². The molecule has 0 saturated heterocycles. The molecule has 0 aliphatic rings. The topological polar surface area (TPSA) is 12.0 Å². The molecule has 19 heavy (non-hydrogen) atoms. The Morgan fingerprint density at radius 2 is 1.58 bits per heavy atom. The largest absolute Gasteiger partial charge is 0.380 e. The van der Waals surface area contributed by atoms with Gasteiger partial charge in [-0.15, -0.1) is 0 Å². The molecule has 100 valence electrons. The Balaban J connectivity index is 2.16. The van der Waals surface area contributed by atoms with E-state index in [1.54, 1.807) is 0 Å². The molecule has 1 N–H and O–H groups in total. The third kappa shape index (κ3) is 3.38. The van der Waals surface area contributed by atoms with Crippen molar-refractivity contribution >= 4 is 21.6 Å². The molecule has 2 aromatic rings. The number of benzene rings is 2. The first-order valence-electron chi connectivity index (χ1n) is 6.54. The first-order chi connectivity index (χ1) is 8.97. The predicted molar refractivity (Wildman–Crippen MR) is 86.9 cm³/mol. The summed E-state index contributed by atoms with van der Waals surface area (Å²) in [5, 5.41) is 3.50. The van der Waals surface area contributed by atoms with Crippen molar-refractivity contribution in [1.29, 1.82) is 0 Å². The van der Waals surface area contributed by atoms with Crippen LogP contribution < -0.4 is 5.32 Å². The Kier molecular flexibility index (Phi) is 4.31. The summed E-state index contributed by atoms with van der Waals surface area (Å²) in [6.45, 7) is 9.46. The van der Waals surface area contributed by atoms with Gasteiger partial charge in [-0.3, -0.25) is 0 Å². The molecule has 0 atom stereocenters. The molecule has 0 aliphatic heterocycles. The Hall–Kier alpha value is -1.28. The third-order valence-electron chi connectivity index (χ3n) is 3.55. The molecule has 1 nitrogen and oxygen atoms in total. The normalized spacial score (nSPS) is 10.6. The van der Waals surface area contributed by atoms with Crippen molar-refractivity contribution in [3.63, 3.8) is 0 Å². The fourth-order valence-electron chi connectivity index (χ4n) is 2.16. The molecular formula is C17H20BrN. The molecular weight excluding hydrogens is 298 g/mol. The minimum atomic E-state index is 0.856. The van der Waals surface area contributed by atoms with E-state index < -0.39 is 0 Å². The zero-order chi connectivity index (χ0) is 14.0. The summed E-state index contributed by atoms with van der Waals surface area (Å²) >= 11 is 3.60. The maximum Gasteiger partial charge on any atom is 0.0487 e. The number of rotatable bonds is 3. The summed E-state index contributed by atoms with van der Waals surface area (Å²) in [7, 11) is 0. The lowest BCUT2D eigenvalue weighted by molar-refractivity contribution is 1.10. The fourth-order valence-corrected chi connectivity index (χ4v) is 2.80. The van der Waals surface area contributed by atoms with E-state index in [0.29, 0.717) is 0 Å². The van der Waals surface area contributed by atoms with Crippen molar-refractivity contribution in [2.45, 2.75) is 34.2 Å². The highest BCUT2D eigenvalue weighted by molar-refractivity contribution is 9.10. The molecule has 0 amide bonds. The van der Waals surface area contributed by atoms with Crippen LogP contribution in [-0.2, 0) is 6.54 Å². The Morgan fingerprint density at radius 3 is 2.26 bits per heavy atom. The van der Waals surface area contributed by atoms with Crippen molar-refractivity contribution in [2.75, 3.05) is 5.32 Å². The lowest BCUT2D eigenvalue weighted by atomic mass is 10.0. The highest BCUT2D eigenvalue weighted by Crippen LogP contribution is 2.24. The van der Waals surface area contributed by atoms with Gasteiger partial charge in [-0.1, -0.05) is 18.2 Å². The van der Waals surface area contributed by atoms with Crippen molar-refractivity contribution in [3.8, 4) is 0 Å². The van der Waals surface area contributed by atoms with Crippen molar-refractivity contribution < 1.29 is 0 Å². The Labute approximate surface area is 124 Å². The van der Waals surface area contributed by atoms with Crippen molar-refractivity contribution in [3.05, 3.63) is 62.6 Å². The average molecular weight is 318 g/mol. The van der Waals surface area contributed by atoms with Crippen LogP contribution in [0.5, 0.6) is 0 Å². The van der Waals surface area contributed by atoms with Crippen LogP contribution in [0.2, 0.25) is 0 Å². The molecule has 2 rings (SSSR count). The van der Waals surface area contributed by atoms with Crippen LogP contribution in [0.3, 0.4) is 0 Å². The lowest BCUT2D eigenvalue weighted by Gasteiger charge is -2.13. The molecule has 0 bridgehead atoms. The summed E-state index contributed by atoms with van der Waals surface area (Å²) in [4.78, 5) is 0. The molecule has 0 unspecified atom stereocenters. The fraction of sp³-hybridized carbons (Fsp3) is 0.294. The van der Waals surface area contributed by atoms with Gasteiger partial charge in [0.2, 0.25) is 0 Å². The van der Waals surface area contributed by atoms with E-state index in [2.05, 4.69) is 79.3 Å². The van der Waals surface area contributed by atoms with E-state index in [1.165, 1.54) is 27.8 Å². The van der Waals surface area contributed by atoms with Gasteiger partial charge < -0.3 is 5.32 Å². The number of anilines is 1. The van der Waals surface area contributed by atoms with E-state index in [-0.39, 0.29) is 0 Å². The van der Waals surface area contributed by atoms with Gasteiger partial charge in [0.05, 0.1) is 0 Å². The van der Waals surface area contributed by atoms with E-state index in [9.17, 15) is 0 Å². The highest BCUT2D eigenvalue weighted by Gasteiger charge is 2.04. The highest BCUT2D eigenvalue weighted by atomic mass is 79.9. The molecule has 0 saturated carbocycles. The lowest BCUT2D eigenvalue weighted by Crippen LogP contribution is -2.03. The molecule has 0 heterocycles. The van der Waals surface area contributed by atoms with Gasteiger partial charge in [0.25, 0.3) is 0 Å². The smallest absolute Gasteiger partial charge is 0.0487 e. The minimum Gasteiger partial charge on any atom is -0.380 e. The van der Waals surface area contributed by atoms with Gasteiger partial charge in [-0.05, 0) is 83.6 Å². The summed E-state index contributed by atoms with van der Waals surface area (Å²) in [6, 6.07) is 10.9. The van der Waals surface area contributed by atoms with Crippen molar-refractivity contribution in [1.82, 2.24) is 0 Å². The number of nitrogens with one attached hydrogen (secondary N) is 1. The first-order valence-corrected chi connectivity index (χ1v) is 7.33. The van der Waals surface area contributed by atoms with Crippen LogP contribution in [-0.4, -0.2) is 0 Å². The zero-order valence-electron chi connectivity index (χ0n) is 12.0. The Bertz CT molecular complexity index is 602. The molecule has 0 radical (unpaired) electrons. The molecule has 0 aliphatic carbocycles. The second-order valence-corrected chi connectivity index (χ2v) is 6.05. The molecule has 0 fully saturated rings. The monoisotopic (exact) mass is 317 g/mol. The van der Waals surface area contributed by atoms with Crippen molar-refractivity contribution in [2.24, 2.45) is 0 Å². The standard InChI is InChI=1S/C17H20BrN/c1-11-5-6-17(16(18)7-11)19-10-15-9-13(3)12(2)8-14(15)4/h5-9,19H,10H2,1-4H3. The quantitative estimate of drug-likeness (QED) is 0.810. The van der Waals surface area contributed by atoms with Crippen LogP contribution in [0, 0.1) is 27.7 Å². The van der Waals surface area contributed by atoms with Gasteiger partial charge in [0.1, 0.15) is 0 Å². The molecule has 0 aromatic heterocycles. The summed E-state index contributed by atoms with van der Waals surface area (Å²) < 4.78 is 1.12. The minimum absolute atomic E-state index is 0.856. The van der Waals surface area contributed by atoms with Gasteiger partial charge in [0, 0.05) is 16.7 Å². The number of hydrogen-bond acceptors (Lipinski definition) is 1. The van der Waals surface area contributed by atoms with Gasteiger partial charge in [0.15, 0.2) is 0 Å². The maximum atomic E-state index is 3.60. The summed E-state index contributed by atoms with van der Waals surface area (Å²) in [5.74, 6) is 0. The third-order valence-corrected chi connectivity index (χ3v) is 4.20. The van der Waals surface area contributed by atoms with Gasteiger partial charge in [-0.25, -0.2) is 0 Å². The first kappa shape index (κ1) is 14.1. The predicted octanol–water partition coefficient (Wildman–Crippen LogP) is 5.29. The number of aryl methyl sites for hydroxylation is 4. The van der Waals surface area contributed by atoms with Crippen LogP contribution in [0.1, 0.15) is 27.8 Å². The van der Waals surface area contributed by atoms with E-state index in [1.807, 2.05) is 0 Å². The molecule has 0 spiro atoms. The summed E-state index contributed by atoms with van der Waals surface area (Å²) in [5.41, 5.74) is 7.82. The summed E-state index contributed by atoms with van der Waals surface area (Å²) in [6.07, 6.45) is 0. The van der Waals surface area contributed by atoms with E-state index in [0.717, 1.165) is 16.7 Å². The zero-order valence-corrected chi connectivity index (χ0v) is 13.6. The number of halogens is 1. The Morgan fingerprint density at radius 1 is 0.895 bits per heavy atom. The van der Waals surface area contributed by atoms with Crippen LogP contribution in [0.25, 0.3) is 0 Å². The second-order valence-electron chi connectivity index (χ2n) is 5.20. The van der Waals surface area contributed by atoms with E-state index in [4.69, 9.17) is 0 Å². The SMILES string of the molecule is Cc1ccc(NCc2cc(C)c(C)cc2C)c(Br)c1. The van der Waals surface area contributed by atoms with Crippen LogP contribution >= 0.6 is 15.9 Å². The van der Waals surface area contributed by atoms with Gasteiger partial charge >= 0.3 is 0 Å². The van der Waals surface area contributed by atoms with E-state index >= 15 is 0 Å². The molecule has 2 heteroatoms. The average Bonchev–Trinajstić information content (AvgIpc) is 2.34. The number of hydrogen-bond donors (Lipinski definition) is 1. The second kappa shape index (κ2) is 5.79. The maximum absolute atomic E-state index is 3.60. The van der Waals surface area contributed by atoms with Crippen LogP contribution in [0.4, 0.5) is 5.69 Å². The molecule has 2 aromatic carbocycles. The van der Waals surface area contributed by atoms with Crippen LogP contribution in [0.15, 0.2) is 34.8 Å².